The number of halogens is 2. The number of fused-ring (bicyclic) bond motifs is 9. The Hall–Kier alpha value is -4.84. The third-order valence-electron chi connectivity index (χ3n) is 8.38. The lowest BCUT2D eigenvalue weighted by atomic mass is 9.98. The van der Waals surface area contributed by atoms with Crippen LogP contribution in [0.5, 0.6) is 0 Å². The summed E-state index contributed by atoms with van der Waals surface area (Å²) in [7, 11) is 1.65. The Balaban J connectivity index is 0.000000136. The molecule has 0 fully saturated rings. The number of methoxy groups -OCH3 is 1. The Morgan fingerprint density at radius 3 is 1.89 bits per heavy atom. The Labute approximate surface area is 281 Å². The third-order valence-corrected chi connectivity index (χ3v) is 9.37. The largest absolute Gasteiger partial charge is 0.504 e. The second-order valence-electron chi connectivity index (χ2n) is 11.2. The normalized spacial score (nSPS) is 11.7. The molecule has 2 aromatic heterocycles. The quantitative estimate of drug-likeness (QED) is 0.134. The molecule has 0 spiro atoms. The molecule has 0 radical (unpaired) electrons. The number of hydrogen-bond donors (Lipinski definition) is 0. The summed E-state index contributed by atoms with van der Waals surface area (Å²) in [6.07, 6.45) is 3.66. The van der Waals surface area contributed by atoms with Crippen LogP contribution in [0.25, 0.3) is 82.6 Å². The molecule has 3 nitrogen and oxygen atoms in total. The molecule has 0 saturated carbocycles. The average Bonchev–Trinajstić information content (AvgIpc) is 3.64. The van der Waals surface area contributed by atoms with Crippen LogP contribution in [-0.4, -0.2) is 7.11 Å². The van der Waals surface area contributed by atoms with Crippen molar-refractivity contribution in [3.63, 3.8) is 0 Å². The fourth-order valence-electron chi connectivity index (χ4n) is 6.22. The van der Waals surface area contributed by atoms with E-state index >= 15 is 0 Å². The van der Waals surface area contributed by atoms with E-state index in [1.165, 1.54) is 32.3 Å². The predicted molar refractivity (Wildman–Crippen MR) is 199 cm³/mol. The van der Waals surface area contributed by atoms with E-state index in [0.29, 0.717) is 0 Å². The molecule has 0 amide bonds. The molecule has 5 heteroatoms. The van der Waals surface area contributed by atoms with Gasteiger partial charge in [0, 0.05) is 30.5 Å². The summed E-state index contributed by atoms with van der Waals surface area (Å²) in [5, 5.41) is 9.62. The molecule has 222 valence electrons. The molecule has 0 unspecified atom stereocenters. The highest BCUT2D eigenvalue weighted by molar-refractivity contribution is 9.10. The van der Waals surface area contributed by atoms with E-state index < -0.39 is 0 Å². The van der Waals surface area contributed by atoms with Crippen molar-refractivity contribution >= 4 is 103 Å². The zero-order chi connectivity index (χ0) is 31.2. The number of para-hydroxylation sites is 2. The van der Waals surface area contributed by atoms with E-state index in [1.807, 2.05) is 42.5 Å². The monoisotopic (exact) mass is 724 g/mol. The van der Waals surface area contributed by atoms with Crippen molar-refractivity contribution in [3.8, 4) is 11.1 Å². The van der Waals surface area contributed by atoms with Crippen LogP contribution in [-0.2, 0) is 4.74 Å². The van der Waals surface area contributed by atoms with E-state index in [9.17, 15) is 0 Å². The van der Waals surface area contributed by atoms with Gasteiger partial charge in [0.05, 0.1) is 13.4 Å². The van der Waals surface area contributed by atoms with Crippen molar-refractivity contribution in [3.05, 3.63) is 148 Å². The maximum absolute atomic E-state index is 5.98. The SMILES string of the molecule is Brc1ccc2c(ccc3cc4oc5ccccc5c4cc32)c1.CO/C=C/c1cc(Br)ccc1-c1ccc2oc3ccccc3c2c1. The molecule has 0 N–H and O–H groups in total. The first kappa shape index (κ1) is 28.6. The van der Waals surface area contributed by atoms with Gasteiger partial charge in [-0.2, -0.15) is 0 Å². The summed E-state index contributed by atoms with van der Waals surface area (Å²) in [6.45, 7) is 0. The summed E-state index contributed by atoms with van der Waals surface area (Å²) >= 11 is 7.08. The van der Waals surface area contributed by atoms with Gasteiger partial charge in [-0.25, -0.2) is 0 Å². The van der Waals surface area contributed by atoms with Crippen molar-refractivity contribution < 1.29 is 13.6 Å². The number of rotatable bonds is 3. The van der Waals surface area contributed by atoms with Gasteiger partial charge in [-0.1, -0.05) is 98.6 Å². The van der Waals surface area contributed by atoms with Crippen LogP contribution in [0.2, 0.25) is 0 Å². The summed E-state index contributed by atoms with van der Waals surface area (Å²) < 4.78 is 19.1. The van der Waals surface area contributed by atoms with Gasteiger partial charge in [0.2, 0.25) is 0 Å². The first-order valence-electron chi connectivity index (χ1n) is 14.9. The summed E-state index contributed by atoms with van der Waals surface area (Å²) in [6, 6.07) is 44.1. The lowest BCUT2D eigenvalue weighted by Gasteiger charge is -2.07. The zero-order valence-corrected chi connectivity index (χ0v) is 27.9. The van der Waals surface area contributed by atoms with Crippen molar-refractivity contribution in [2.24, 2.45) is 0 Å². The van der Waals surface area contributed by atoms with E-state index in [4.69, 9.17) is 13.6 Å². The highest BCUT2D eigenvalue weighted by Crippen LogP contribution is 2.36. The van der Waals surface area contributed by atoms with Gasteiger partial charge >= 0.3 is 0 Å². The standard InChI is InChI=1S/C21H15BrO2.C20H11BrO/c1-23-11-10-15-12-16(22)7-8-17(15)14-6-9-21-19(13-14)18-4-2-3-5-20(18)24-21;21-14-7-8-15-12(9-14)5-6-13-10-20-18(11-17(13)15)16-3-1-2-4-19(16)22-20/h2-13H,1H3;1-11H/b11-10+;. The Kier molecular flexibility index (Phi) is 7.36. The molecule has 2 heterocycles. The van der Waals surface area contributed by atoms with E-state index in [1.54, 1.807) is 13.4 Å². The van der Waals surface area contributed by atoms with Gasteiger partial charge in [0.1, 0.15) is 22.3 Å². The topological polar surface area (TPSA) is 35.5 Å². The molecule has 0 atom stereocenters. The minimum absolute atomic E-state index is 0.908. The van der Waals surface area contributed by atoms with Crippen LogP contribution in [0, 0.1) is 0 Å². The van der Waals surface area contributed by atoms with Crippen LogP contribution in [0.15, 0.2) is 151 Å². The van der Waals surface area contributed by atoms with Gasteiger partial charge in [0.15, 0.2) is 0 Å². The Morgan fingerprint density at radius 2 is 1.13 bits per heavy atom. The molecule has 0 saturated heterocycles. The smallest absolute Gasteiger partial charge is 0.136 e. The lowest BCUT2D eigenvalue weighted by Crippen LogP contribution is -1.84. The molecule has 9 rings (SSSR count). The number of furan rings is 2. The van der Waals surface area contributed by atoms with Gasteiger partial charge in [-0.3, -0.25) is 0 Å². The van der Waals surface area contributed by atoms with Gasteiger partial charge < -0.3 is 13.6 Å². The average molecular weight is 726 g/mol. The number of benzene rings is 7. The first-order valence-corrected chi connectivity index (χ1v) is 16.5. The van der Waals surface area contributed by atoms with Crippen LogP contribution in [0.3, 0.4) is 0 Å². The maximum Gasteiger partial charge on any atom is 0.136 e. The van der Waals surface area contributed by atoms with Crippen molar-refractivity contribution in [1.29, 1.82) is 0 Å². The molecule has 0 aliphatic rings. The van der Waals surface area contributed by atoms with E-state index in [-0.39, 0.29) is 0 Å². The van der Waals surface area contributed by atoms with Crippen LogP contribution < -0.4 is 0 Å². The van der Waals surface area contributed by atoms with Gasteiger partial charge in [0.25, 0.3) is 0 Å². The number of ether oxygens (including phenoxy) is 1. The Bertz CT molecular complexity index is 2610. The summed E-state index contributed by atoms with van der Waals surface area (Å²) in [5.74, 6) is 0. The second-order valence-corrected chi connectivity index (χ2v) is 13.0. The minimum atomic E-state index is 0.908. The fraction of sp³-hybridized carbons (Fsp3) is 0.0244. The van der Waals surface area contributed by atoms with Gasteiger partial charge in [-0.15, -0.1) is 0 Å². The van der Waals surface area contributed by atoms with Crippen molar-refractivity contribution in [2.75, 3.05) is 7.11 Å². The summed E-state index contributed by atoms with van der Waals surface area (Å²) in [5.41, 5.74) is 7.12. The second kappa shape index (κ2) is 11.8. The van der Waals surface area contributed by atoms with Crippen LogP contribution in [0.4, 0.5) is 0 Å². The van der Waals surface area contributed by atoms with E-state index in [2.05, 4.69) is 123 Å². The molecule has 0 aliphatic heterocycles. The predicted octanol–water partition coefficient (Wildman–Crippen LogP) is 13.3. The van der Waals surface area contributed by atoms with Crippen molar-refractivity contribution in [2.45, 2.75) is 0 Å². The van der Waals surface area contributed by atoms with E-state index in [0.717, 1.165) is 58.7 Å². The maximum atomic E-state index is 5.98. The molecule has 0 bridgehead atoms. The minimum Gasteiger partial charge on any atom is -0.504 e. The number of hydrogen-bond acceptors (Lipinski definition) is 3. The van der Waals surface area contributed by atoms with Crippen molar-refractivity contribution in [1.82, 2.24) is 0 Å². The Morgan fingerprint density at radius 1 is 0.500 bits per heavy atom. The van der Waals surface area contributed by atoms with Crippen LogP contribution in [0.1, 0.15) is 5.56 Å². The lowest BCUT2D eigenvalue weighted by molar-refractivity contribution is 0.341. The third kappa shape index (κ3) is 5.16. The molecular weight excluding hydrogens is 700 g/mol. The van der Waals surface area contributed by atoms with Gasteiger partial charge in [-0.05, 0) is 105 Å². The summed E-state index contributed by atoms with van der Waals surface area (Å²) in [4.78, 5) is 0. The first-order chi connectivity index (χ1) is 22.6. The zero-order valence-electron chi connectivity index (χ0n) is 24.8. The molecule has 0 aliphatic carbocycles. The highest BCUT2D eigenvalue weighted by atomic mass is 79.9. The molecule has 7 aromatic carbocycles. The highest BCUT2D eigenvalue weighted by Gasteiger charge is 2.11. The molecule has 9 aromatic rings. The van der Waals surface area contributed by atoms with Crippen LogP contribution >= 0.6 is 31.9 Å². The fourth-order valence-corrected chi connectivity index (χ4v) is 6.98. The molecule has 46 heavy (non-hydrogen) atoms. The molecular formula is C41H26Br2O3.